The number of hydrogen-bond acceptors (Lipinski definition) is 3. The summed E-state index contributed by atoms with van der Waals surface area (Å²) in [5.41, 5.74) is 1.98. The lowest BCUT2D eigenvalue weighted by molar-refractivity contribution is -0.120. The summed E-state index contributed by atoms with van der Waals surface area (Å²) in [4.78, 5) is 16.4. The second kappa shape index (κ2) is 5.46. The molecule has 0 amide bonds. The van der Waals surface area contributed by atoms with Crippen molar-refractivity contribution in [2.75, 3.05) is 0 Å². The maximum atomic E-state index is 12.4. The Kier molecular flexibility index (Phi) is 3.67. The van der Waals surface area contributed by atoms with E-state index >= 15 is 0 Å². The molecule has 6 heteroatoms. The summed E-state index contributed by atoms with van der Waals surface area (Å²) in [6.45, 7) is 0. The van der Waals surface area contributed by atoms with Gasteiger partial charge in [-0.15, -0.1) is 0 Å². The number of nitrogens with one attached hydrogen (secondary N) is 1. The van der Waals surface area contributed by atoms with E-state index in [0.717, 1.165) is 15.7 Å². The van der Waals surface area contributed by atoms with Crippen LogP contribution in [0.15, 0.2) is 41.3 Å². The van der Waals surface area contributed by atoms with Crippen molar-refractivity contribution in [3.8, 4) is 0 Å². The van der Waals surface area contributed by atoms with Gasteiger partial charge in [0.25, 0.3) is 0 Å². The Labute approximate surface area is 130 Å². The molecule has 0 bridgehead atoms. The van der Waals surface area contributed by atoms with Gasteiger partial charge >= 0.3 is 0 Å². The number of benzene rings is 1. The average molecular weight is 350 g/mol. The topological polar surface area (TPSA) is 46.9 Å². The first-order chi connectivity index (χ1) is 9.63. The molecule has 1 aliphatic rings. The zero-order valence-electron chi connectivity index (χ0n) is 10.5. The number of rotatable bonds is 3. The van der Waals surface area contributed by atoms with Gasteiger partial charge in [0.05, 0.1) is 6.04 Å². The molecular weight excluding hydrogens is 338 g/mol. The summed E-state index contributed by atoms with van der Waals surface area (Å²) in [5, 5.41) is 3.63. The van der Waals surface area contributed by atoms with Gasteiger partial charge in [0, 0.05) is 29.2 Å². The van der Waals surface area contributed by atoms with Crippen molar-refractivity contribution < 1.29 is 4.79 Å². The van der Waals surface area contributed by atoms with Crippen molar-refractivity contribution in [3.05, 3.63) is 52.5 Å². The Morgan fingerprint density at radius 3 is 2.95 bits per heavy atom. The normalized spacial score (nSPS) is 17.4. The summed E-state index contributed by atoms with van der Waals surface area (Å²) in [5.74, 6) is 0.141. The number of carbonyl (C=O) groups excluding carboxylic acids is 1. The monoisotopic (exact) mass is 349 g/mol. The number of imidazole rings is 1. The van der Waals surface area contributed by atoms with Gasteiger partial charge in [0.15, 0.2) is 10.9 Å². The minimum absolute atomic E-state index is 0.141. The second-order valence-corrected chi connectivity index (χ2v) is 6.03. The fourth-order valence-electron chi connectivity index (χ4n) is 2.26. The van der Waals surface area contributed by atoms with Crippen LogP contribution >= 0.6 is 28.1 Å². The van der Waals surface area contributed by atoms with Crippen LogP contribution in [0.2, 0.25) is 0 Å². The average Bonchev–Trinajstić information content (AvgIpc) is 2.90. The zero-order chi connectivity index (χ0) is 14.1. The molecule has 1 aromatic heterocycles. The molecule has 20 heavy (non-hydrogen) atoms. The Bertz CT molecular complexity index is 665. The van der Waals surface area contributed by atoms with Crippen LogP contribution in [0.4, 0.5) is 0 Å². The maximum Gasteiger partial charge on any atom is 0.179 e. The fourth-order valence-corrected chi connectivity index (χ4v) is 2.83. The molecule has 0 unspecified atom stereocenters. The number of thiocarbonyl (C=S) groups is 1. The summed E-state index contributed by atoms with van der Waals surface area (Å²) in [7, 11) is 0. The van der Waals surface area contributed by atoms with Crippen molar-refractivity contribution in [1.29, 1.82) is 0 Å². The molecule has 0 spiro atoms. The third kappa shape index (κ3) is 2.66. The molecule has 0 saturated heterocycles. The van der Waals surface area contributed by atoms with E-state index in [-0.39, 0.29) is 11.8 Å². The first-order valence-electron chi connectivity index (χ1n) is 6.23. The first kappa shape index (κ1) is 13.5. The molecular formula is C14H12BrN3OS. The molecule has 1 aromatic carbocycles. The van der Waals surface area contributed by atoms with E-state index < -0.39 is 0 Å². The van der Waals surface area contributed by atoms with E-state index in [1.807, 2.05) is 24.3 Å². The quantitative estimate of drug-likeness (QED) is 0.862. The van der Waals surface area contributed by atoms with Crippen molar-refractivity contribution in [1.82, 2.24) is 14.9 Å². The predicted octanol–water partition coefficient (Wildman–Crippen LogP) is 2.10. The van der Waals surface area contributed by atoms with Crippen LogP contribution in [0.5, 0.6) is 0 Å². The van der Waals surface area contributed by atoms with Crippen LogP contribution in [-0.4, -0.2) is 26.5 Å². The summed E-state index contributed by atoms with van der Waals surface area (Å²) >= 11 is 8.63. The van der Waals surface area contributed by atoms with Gasteiger partial charge in [0.1, 0.15) is 6.33 Å². The Balaban J connectivity index is 1.73. The number of ketones is 1. The largest absolute Gasteiger partial charge is 0.352 e. The zero-order valence-corrected chi connectivity index (χ0v) is 12.9. The van der Waals surface area contributed by atoms with E-state index in [2.05, 4.69) is 26.2 Å². The molecule has 102 valence electrons. The van der Waals surface area contributed by atoms with Crippen LogP contribution in [0.25, 0.3) is 0 Å². The van der Waals surface area contributed by atoms with Crippen LogP contribution in [-0.2, 0) is 17.6 Å². The Hall–Kier alpha value is -1.53. The molecule has 2 heterocycles. The van der Waals surface area contributed by atoms with Crippen LogP contribution < -0.4 is 5.32 Å². The number of aromatic nitrogens is 2. The summed E-state index contributed by atoms with van der Waals surface area (Å²) < 4.78 is 2.81. The standard InChI is InChI=1S/C14H12BrN3OS/c15-10-3-1-9(2-4-10)5-13(19)12-6-11-7-16-8-18(11)14(20)17-12/h1-4,7-8,12H,5-6H2,(H,17,20)/t12-/m0/s1. The first-order valence-corrected chi connectivity index (χ1v) is 7.43. The van der Waals surface area contributed by atoms with Crippen molar-refractivity contribution >= 4 is 39.0 Å². The number of nitrogens with zero attached hydrogens (tertiary/aromatic N) is 2. The number of hydrogen-bond donors (Lipinski definition) is 1. The van der Waals surface area contributed by atoms with E-state index in [0.29, 0.717) is 18.0 Å². The Morgan fingerprint density at radius 1 is 1.45 bits per heavy atom. The van der Waals surface area contributed by atoms with Crippen molar-refractivity contribution in [3.63, 3.8) is 0 Å². The van der Waals surface area contributed by atoms with Crippen LogP contribution in [0.3, 0.4) is 0 Å². The SMILES string of the molecule is O=C(Cc1ccc(Br)cc1)[C@@H]1Cc2cncn2C(=S)N1. The highest BCUT2D eigenvalue weighted by atomic mass is 79.9. The molecule has 1 N–H and O–H groups in total. The lowest BCUT2D eigenvalue weighted by Gasteiger charge is -2.25. The van der Waals surface area contributed by atoms with Gasteiger partial charge < -0.3 is 5.32 Å². The van der Waals surface area contributed by atoms with Gasteiger partial charge in [-0.2, -0.15) is 0 Å². The molecule has 2 aromatic rings. The minimum Gasteiger partial charge on any atom is -0.352 e. The van der Waals surface area contributed by atoms with E-state index in [1.54, 1.807) is 17.1 Å². The molecule has 0 fully saturated rings. The summed E-state index contributed by atoms with van der Waals surface area (Å²) in [6.07, 6.45) is 4.45. The van der Waals surface area contributed by atoms with Crippen molar-refractivity contribution in [2.45, 2.75) is 18.9 Å². The second-order valence-electron chi connectivity index (χ2n) is 4.73. The van der Waals surface area contributed by atoms with Crippen LogP contribution in [0, 0.1) is 0 Å². The van der Waals surface area contributed by atoms with Gasteiger partial charge in [-0.05, 0) is 29.9 Å². The van der Waals surface area contributed by atoms with Crippen LogP contribution in [0.1, 0.15) is 11.3 Å². The highest BCUT2D eigenvalue weighted by Gasteiger charge is 2.26. The lowest BCUT2D eigenvalue weighted by Crippen LogP contribution is -2.49. The Morgan fingerprint density at radius 2 is 2.20 bits per heavy atom. The predicted molar refractivity (Wildman–Crippen MR) is 83.7 cm³/mol. The van der Waals surface area contributed by atoms with E-state index in [1.165, 1.54) is 0 Å². The number of carbonyl (C=O) groups is 1. The number of halogens is 1. The van der Waals surface area contributed by atoms with Gasteiger partial charge in [-0.3, -0.25) is 9.36 Å². The third-order valence-corrected chi connectivity index (χ3v) is 4.17. The summed E-state index contributed by atoms with van der Waals surface area (Å²) in [6, 6.07) is 7.52. The lowest BCUT2D eigenvalue weighted by atomic mass is 9.99. The fraction of sp³-hybridized carbons (Fsp3) is 0.214. The minimum atomic E-state index is -0.268. The molecule has 3 rings (SSSR count). The maximum absolute atomic E-state index is 12.4. The highest BCUT2D eigenvalue weighted by Crippen LogP contribution is 2.14. The highest BCUT2D eigenvalue weighted by molar-refractivity contribution is 9.10. The number of Topliss-reactive ketones (excluding diaryl/α,β-unsaturated/α-hetero) is 1. The smallest absolute Gasteiger partial charge is 0.179 e. The third-order valence-electron chi connectivity index (χ3n) is 3.33. The molecule has 0 aliphatic carbocycles. The van der Waals surface area contributed by atoms with Gasteiger partial charge in [-0.25, -0.2) is 4.98 Å². The van der Waals surface area contributed by atoms with Crippen molar-refractivity contribution in [2.24, 2.45) is 0 Å². The molecule has 1 atom stereocenters. The molecule has 0 saturated carbocycles. The molecule has 4 nitrogen and oxygen atoms in total. The van der Waals surface area contributed by atoms with Gasteiger partial charge in [-0.1, -0.05) is 28.1 Å². The van der Waals surface area contributed by atoms with E-state index in [9.17, 15) is 4.79 Å². The molecule has 0 radical (unpaired) electrons. The number of fused-ring (bicyclic) bond motifs is 1. The van der Waals surface area contributed by atoms with E-state index in [4.69, 9.17) is 12.2 Å². The van der Waals surface area contributed by atoms with Gasteiger partial charge in [0.2, 0.25) is 0 Å². The molecule has 1 aliphatic heterocycles.